The monoisotopic (exact) mass is 247 g/mol. The van der Waals surface area contributed by atoms with Gasteiger partial charge in [-0.3, -0.25) is 9.78 Å². The molecule has 0 aliphatic carbocycles. The number of aryl methyl sites for hydroxylation is 1. The molecular formula is C12H10FN3O2. The molecule has 0 atom stereocenters. The van der Waals surface area contributed by atoms with Crippen molar-refractivity contribution in [3.63, 3.8) is 0 Å². The smallest absolute Gasteiger partial charge is 0.267 e. The lowest BCUT2D eigenvalue weighted by molar-refractivity contribution is 0.0995. The lowest BCUT2D eigenvalue weighted by Crippen LogP contribution is -2.13. The Morgan fingerprint density at radius 2 is 2.06 bits per heavy atom. The van der Waals surface area contributed by atoms with E-state index in [4.69, 9.17) is 10.5 Å². The summed E-state index contributed by atoms with van der Waals surface area (Å²) >= 11 is 0. The number of halogens is 1. The maximum atomic E-state index is 12.9. The van der Waals surface area contributed by atoms with Gasteiger partial charge in [-0.2, -0.15) is 0 Å². The van der Waals surface area contributed by atoms with Gasteiger partial charge in [0, 0.05) is 23.9 Å². The van der Waals surface area contributed by atoms with E-state index in [2.05, 4.69) is 9.97 Å². The van der Waals surface area contributed by atoms with Crippen molar-refractivity contribution >= 4 is 5.91 Å². The minimum Gasteiger partial charge on any atom is -0.455 e. The first-order valence-electron chi connectivity index (χ1n) is 5.11. The highest BCUT2D eigenvalue weighted by molar-refractivity contribution is 5.91. The molecule has 0 fully saturated rings. The van der Waals surface area contributed by atoms with Crippen LogP contribution in [0.5, 0.6) is 11.5 Å². The maximum absolute atomic E-state index is 12.9. The normalized spacial score (nSPS) is 10.1. The highest BCUT2D eigenvalue weighted by Crippen LogP contribution is 2.22. The second-order valence-corrected chi connectivity index (χ2v) is 3.63. The van der Waals surface area contributed by atoms with Crippen LogP contribution in [-0.2, 0) is 0 Å². The van der Waals surface area contributed by atoms with E-state index in [9.17, 15) is 9.18 Å². The number of nitrogens with two attached hydrogens (primary N) is 1. The van der Waals surface area contributed by atoms with Gasteiger partial charge in [-0.1, -0.05) is 0 Å². The minimum absolute atomic E-state index is 0.0920. The van der Waals surface area contributed by atoms with Crippen molar-refractivity contribution in [2.24, 2.45) is 5.73 Å². The largest absolute Gasteiger partial charge is 0.455 e. The zero-order valence-corrected chi connectivity index (χ0v) is 9.55. The van der Waals surface area contributed by atoms with E-state index < -0.39 is 11.7 Å². The summed E-state index contributed by atoms with van der Waals surface area (Å²) in [4.78, 5) is 18.6. The molecule has 0 aliphatic heterocycles. The highest BCUT2D eigenvalue weighted by atomic mass is 19.1. The molecule has 92 valence electrons. The maximum Gasteiger partial charge on any atom is 0.267 e. The van der Waals surface area contributed by atoms with Crippen LogP contribution < -0.4 is 10.5 Å². The fraction of sp³-hybridized carbons (Fsp3) is 0.0833. The van der Waals surface area contributed by atoms with Gasteiger partial charge in [-0.05, 0) is 6.92 Å². The molecule has 2 aromatic rings. The van der Waals surface area contributed by atoms with Gasteiger partial charge in [0.25, 0.3) is 5.91 Å². The molecule has 0 bridgehead atoms. The molecular weight excluding hydrogens is 237 g/mol. The Kier molecular flexibility index (Phi) is 3.18. The number of ether oxygens (including phenoxy) is 1. The van der Waals surface area contributed by atoms with Gasteiger partial charge in [-0.15, -0.1) is 0 Å². The molecule has 2 N–H and O–H groups in total. The third kappa shape index (κ3) is 2.79. The summed E-state index contributed by atoms with van der Waals surface area (Å²) in [6.07, 6.45) is 2.43. The number of primary amides is 1. The molecule has 0 unspecified atom stereocenters. The van der Waals surface area contributed by atoms with Crippen molar-refractivity contribution in [2.45, 2.75) is 6.92 Å². The van der Waals surface area contributed by atoms with Crippen LogP contribution in [0.2, 0.25) is 0 Å². The predicted molar refractivity (Wildman–Crippen MR) is 61.8 cm³/mol. The fourth-order valence-corrected chi connectivity index (χ4v) is 1.41. The summed E-state index contributed by atoms with van der Waals surface area (Å²) in [5.41, 5.74) is 5.81. The van der Waals surface area contributed by atoms with Crippen LogP contribution in [0.4, 0.5) is 4.39 Å². The number of amides is 1. The van der Waals surface area contributed by atoms with Gasteiger partial charge >= 0.3 is 0 Å². The molecule has 5 nitrogen and oxygen atoms in total. The van der Waals surface area contributed by atoms with Crippen molar-refractivity contribution in [1.29, 1.82) is 0 Å². The first-order valence-corrected chi connectivity index (χ1v) is 5.11. The Labute approximate surface area is 102 Å². The first-order chi connectivity index (χ1) is 8.54. The number of hydrogen-bond acceptors (Lipinski definition) is 4. The van der Waals surface area contributed by atoms with Crippen molar-refractivity contribution in [1.82, 2.24) is 9.97 Å². The summed E-state index contributed by atoms with van der Waals surface area (Å²) in [6, 6.07) is 4.18. The molecule has 0 saturated heterocycles. The molecule has 0 aliphatic rings. The number of hydrogen-bond donors (Lipinski definition) is 1. The summed E-state index contributed by atoms with van der Waals surface area (Å²) in [6.45, 7) is 1.70. The number of pyridine rings is 2. The van der Waals surface area contributed by atoms with Gasteiger partial charge < -0.3 is 10.5 Å². The lowest BCUT2D eigenvalue weighted by Gasteiger charge is -2.07. The lowest BCUT2D eigenvalue weighted by atomic mass is 10.3. The van der Waals surface area contributed by atoms with Crippen LogP contribution in [0.1, 0.15) is 16.2 Å². The van der Waals surface area contributed by atoms with Crippen molar-refractivity contribution < 1.29 is 13.9 Å². The molecule has 0 aromatic carbocycles. The Balaban J connectivity index is 2.31. The minimum atomic E-state index is -0.652. The van der Waals surface area contributed by atoms with Crippen LogP contribution in [0.3, 0.4) is 0 Å². The SMILES string of the molecule is Cc1cc(Oc2cncc(F)c2)cc(C(N)=O)n1. The molecule has 1 amide bonds. The van der Waals surface area contributed by atoms with Crippen molar-refractivity contribution in [2.75, 3.05) is 0 Å². The third-order valence-corrected chi connectivity index (χ3v) is 2.09. The van der Waals surface area contributed by atoms with Crippen LogP contribution in [0.15, 0.2) is 30.6 Å². The van der Waals surface area contributed by atoms with Crippen LogP contribution in [0.25, 0.3) is 0 Å². The van der Waals surface area contributed by atoms with E-state index in [1.165, 1.54) is 18.3 Å². The average Bonchev–Trinajstić information content (AvgIpc) is 2.28. The fourth-order valence-electron chi connectivity index (χ4n) is 1.41. The molecule has 0 spiro atoms. The Bertz CT molecular complexity index is 602. The van der Waals surface area contributed by atoms with Crippen molar-refractivity contribution in [3.8, 4) is 11.5 Å². The number of carbonyl (C=O) groups excluding carboxylic acids is 1. The van der Waals surface area contributed by atoms with E-state index >= 15 is 0 Å². The van der Waals surface area contributed by atoms with Gasteiger partial charge in [0.2, 0.25) is 0 Å². The van der Waals surface area contributed by atoms with Gasteiger partial charge in [0.05, 0.1) is 12.4 Å². The molecule has 2 aromatic heterocycles. The standard InChI is InChI=1S/C12H10FN3O2/c1-7-2-9(4-11(16-7)12(14)17)18-10-3-8(13)5-15-6-10/h2-6H,1H3,(H2,14,17). The first kappa shape index (κ1) is 12.0. The second kappa shape index (κ2) is 4.79. The Morgan fingerprint density at radius 1 is 1.28 bits per heavy atom. The van der Waals surface area contributed by atoms with E-state index in [0.29, 0.717) is 11.4 Å². The van der Waals surface area contributed by atoms with Crippen LogP contribution in [0, 0.1) is 12.7 Å². The van der Waals surface area contributed by atoms with Crippen molar-refractivity contribution in [3.05, 3.63) is 47.8 Å². The molecule has 2 heterocycles. The summed E-state index contributed by atoms with van der Waals surface area (Å²) in [5.74, 6) is -0.575. The quantitative estimate of drug-likeness (QED) is 0.897. The van der Waals surface area contributed by atoms with Gasteiger partial charge in [0.15, 0.2) is 0 Å². The number of rotatable bonds is 3. The van der Waals surface area contributed by atoms with E-state index in [0.717, 1.165) is 6.20 Å². The molecule has 2 rings (SSSR count). The summed E-state index contributed by atoms with van der Waals surface area (Å²) < 4.78 is 18.3. The van der Waals surface area contributed by atoms with Gasteiger partial charge in [0.1, 0.15) is 23.0 Å². The van der Waals surface area contributed by atoms with E-state index in [1.807, 2.05) is 0 Å². The topological polar surface area (TPSA) is 78.1 Å². The molecule has 0 radical (unpaired) electrons. The average molecular weight is 247 g/mol. The Morgan fingerprint density at radius 3 is 2.72 bits per heavy atom. The molecule has 0 saturated carbocycles. The zero-order chi connectivity index (χ0) is 13.1. The summed E-state index contributed by atoms with van der Waals surface area (Å²) in [5, 5.41) is 0. The Hall–Kier alpha value is -2.50. The van der Waals surface area contributed by atoms with Crippen LogP contribution in [-0.4, -0.2) is 15.9 Å². The van der Waals surface area contributed by atoms with E-state index in [1.54, 1.807) is 13.0 Å². The number of aromatic nitrogens is 2. The van der Waals surface area contributed by atoms with E-state index in [-0.39, 0.29) is 11.4 Å². The van der Waals surface area contributed by atoms with Gasteiger partial charge in [-0.25, -0.2) is 9.37 Å². The second-order valence-electron chi connectivity index (χ2n) is 3.63. The summed E-state index contributed by atoms with van der Waals surface area (Å²) in [7, 11) is 0. The van der Waals surface area contributed by atoms with Crippen LogP contribution >= 0.6 is 0 Å². The molecule has 6 heteroatoms. The predicted octanol–water partition coefficient (Wildman–Crippen LogP) is 1.82. The molecule has 18 heavy (non-hydrogen) atoms. The third-order valence-electron chi connectivity index (χ3n) is 2.09. The zero-order valence-electron chi connectivity index (χ0n) is 9.55. The number of nitrogens with zero attached hydrogens (tertiary/aromatic N) is 2. The number of carbonyl (C=O) groups is 1. The highest BCUT2D eigenvalue weighted by Gasteiger charge is 2.07.